The van der Waals surface area contributed by atoms with E-state index in [1.807, 2.05) is 0 Å². The van der Waals surface area contributed by atoms with Gasteiger partial charge in [0.15, 0.2) is 0 Å². The molecule has 1 unspecified atom stereocenters. The second-order valence-corrected chi connectivity index (χ2v) is 9.78. The van der Waals surface area contributed by atoms with Crippen molar-refractivity contribution in [3.63, 3.8) is 0 Å². The zero-order chi connectivity index (χ0) is 23.4. The van der Waals surface area contributed by atoms with Crippen LogP contribution in [0.2, 0.25) is 0 Å². The lowest BCUT2D eigenvalue weighted by Crippen LogP contribution is -2.47. The Labute approximate surface area is 191 Å². The summed E-state index contributed by atoms with van der Waals surface area (Å²) in [7, 11) is -5.22. The molecule has 0 aliphatic rings. The summed E-state index contributed by atoms with van der Waals surface area (Å²) >= 11 is 0. The number of hydrogen-bond donors (Lipinski definition) is 5. The Morgan fingerprint density at radius 1 is 0.677 bits per heavy atom. The summed E-state index contributed by atoms with van der Waals surface area (Å²) in [5.41, 5.74) is -1.11. The molecule has 0 saturated carbocycles. The minimum atomic E-state index is -2.61. The largest absolute Gasteiger partial charge is 0.396 e. The molecule has 1 atom stereocenters. The van der Waals surface area contributed by atoms with Gasteiger partial charge in [-0.2, -0.15) is 0 Å². The molecule has 5 N–H and O–H groups in total. The summed E-state index contributed by atoms with van der Waals surface area (Å²) < 4.78 is 16.3. The van der Waals surface area contributed by atoms with Crippen LogP contribution in [0.15, 0.2) is 0 Å². The van der Waals surface area contributed by atoms with Crippen LogP contribution in [-0.4, -0.2) is 57.2 Å². The van der Waals surface area contributed by atoms with E-state index < -0.39 is 35.3 Å². The van der Waals surface area contributed by atoms with Gasteiger partial charge in [-0.15, -0.1) is 0 Å². The number of rotatable bonds is 23. The van der Waals surface area contributed by atoms with Gasteiger partial charge in [0.1, 0.15) is 0 Å². The van der Waals surface area contributed by atoms with Crippen molar-refractivity contribution >= 4 is 17.2 Å². The normalized spacial score (nSPS) is 13.5. The van der Waals surface area contributed by atoms with Crippen molar-refractivity contribution in [3.05, 3.63) is 0 Å². The standard InChI is InChI=1S/C21H46O8P2/c1-3-5-7-9-11-13-15-20(27-16-14-12-10-8-6-4-2)21(17-22,18-28-30(23)24)19-29-31(25)26/h20,22-26H,3-19H2,1-2H3. The van der Waals surface area contributed by atoms with E-state index in [4.69, 9.17) is 13.8 Å². The number of aliphatic hydroxyl groups excluding tert-OH is 1. The third-order valence-corrected chi connectivity index (χ3v) is 6.29. The summed E-state index contributed by atoms with van der Waals surface area (Å²) in [6, 6.07) is 0. The van der Waals surface area contributed by atoms with E-state index in [0.29, 0.717) is 13.0 Å². The second kappa shape index (κ2) is 21.1. The van der Waals surface area contributed by atoms with E-state index in [1.54, 1.807) is 0 Å². The minimum absolute atomic E-state index is 0.206. The maximum atomic E-state index is 10.2. The van der Waals surface area contributed by atoms with E-state index in [-0.39, 0.29) is 13.2 Å². The van der Waals surface area contributed by atoms with Crippen LogP contribution >= 0.6 is 17.2 Å². The number of hydrogen-bond acceptors (Lipinski definition) is 8. The van der Waals surface area contributed by atoms with Crippen molar-refractivity contribution in [2.75, 3.05) is 26.4 Å². The van der Waals surface area contributed by atoms with Gasteiger partial charge in [0.2, 0.25) is 0 Å². The Morgan fingerprint density at radius 3 is 1.58 bits per heavy atom. The van der Waals surface area contributed by atoms with Gasteiger partial charge in [-0.1, -0.05) is 84.5 Å². The fraction of sp³-hybridized carbons (Fsp3) is 1.00. The minimum Gasteiger partial charge on any atom is -0.396 e. The SMILES string of the molecule is CCCCCCCCOC(CCCCCCCC)C(CO)(COP(O)O)COP(O)O. The zero-order valence-electron chi connectivity index (χ0n) is 19.5. The average Bonchev–Trinajstić information content (AvgIpc) is 2.74. The smallest absolute Gasteiger partial charge is 0.327 e. The molecular weight excluding hydrogens is 442 g/mol. The van der Waals surface area contributed by atoms with Gasteiger partial charge in [0.05, 0.1) is 31.3 Å². The highest BCUT2D eigenvalue weighted by atomic mass is 31.2. The van der Waals surface area contributed by atoms with Crippen LogP contribution in [0.3, 0.4) is 0 Å². The van der Waals surface area contributed by atoms with Crippen LogP contribution < -0.4 is 0 Å². The van der Waals surface area contributed by atoms with Crippen LogP contribution in [0.4, 0.5) is 0 Å². The van der Waals surface area contributed by atoms with Gasteiger partial charge in [0, 0.05) is 6.61 Å². The lowest BCUT2D eigenvalue weighted by atomic mass is 9.81. The van der Waals surface area contributed by atoms with Crippen LogP contribution in [0, 0.1) is 5.41 Å². The lowest BCUT2D eigenvalue weighted by Gasteiger charge is -2.38. The van der Waals surface area contributed by atoms with Gasteiger partial charge in [-0.25, -0.2) is 0 Å². The van der Waals surface area contributed by atoms with Crippen molar-refractivity contribution in [2.45, 2.75) is 103 Å². The quantitative estimate of drug-likeness (QED) is 0.101. The first-order valence-electron chi connectivity index (χ1n) is 11.8. The van der Waals surface area contributed by atoms with E-state index >= 15 is 0 Å². The highest BCUT2D eigenvalue weighted by molar-refractivity contribution is 7.39. The molecule has 0 heterocycles. The van der Waals surface area contributed by atoms with E-state index in [2.05, 4.69) is 13.8 Å². The first kappa shape index (κ1) is 31.5. The predicted octanol–water partition coefficient (Wildman–Crippen LogP) is 4.92. The van der Waals surface area contributed by atoms with Gasteiger partial charge < -0.3 is 38.5 Å². The molecule has 0 aromatic rings. The third-order valence-electron chi connectivity index (χ3n) is 5.57. The van der Waals surface area contributed by atoms with Crippen molar-refractivity contribution in [2.24, 2.45) is 5.41 Å². The molecule has 0 saturated heterocycles. The Morgan fingerprint density at radius 2 is 1.13 bits per heavy atom. The number of unbranched alkanes of at least 4 members (excludes halogenated alkanes) is 10. The molecule has 0 aliphatic carbocycles. The molecule has 0 fully saturated rings. The highest BCUT2D eigenvalue weighted by Crippen LogP contribution is 2.38. The maximum absolute atomic E-state index is 10.2. The molecule has 0 spiro atoms. The van der Waals surface area contributed by atoms with Crippen LogP contribution in [0.1, 0.15) is 97.3 Å². The van der Waals surface area contributed by atoms with Crippen molar-refractivity contribution in [1.29, 1.82) is 0 Å². The molecule has 188 valence electrons. The Kier molecular flexibility index (Phi) is 21.5. The average molecular weight is 489 g/mol. The van der Waals surface area contributed by atoms with E-state index in [1.165, 1.54) is 38.5 Å². The highest BCUT2D eigenvalue weighted by Gasteiger charge is 2.41. The molecule has 0 aromatic carbocycles. The molecule has 0 aliphatic heterocycles. The molecule has 0 amide bonds. The maximum Gasteiger partial charge on any atom is 0.327 e. The molecule has 0 rings (SSSR count). The van der Waals surface area contributed by atoms with Crippen LogP contribution in [0.25, 0.3) is 0 Å². The monoisotopic (exact) mass is 488 g/mol. The van der Waals surface area contributed by atoms with Gasteiger partial charge in [-0.3, -0.25) is 0 Å². The van der Waals surface area contributed by atoms with Crippen LogP contribution in [-0.2, 0) is 13.8 Å². The van der Waals surface area contributed by atoms with Crippen molar-refractivity contribution in [3.8, 4) is 0 Å². The summed E-state index contributed by atoms with van der Waals surface area (Å²) in [4.78, 5) is 36.9. The molecule has 10 heteroatoms. The van der Waals surface area contributed by atoms with Crippen molar-refractivity contribution in [1.82, 2.24) is 0 Å². The predicted molar refractivity (Wildman–Crippen MR) is 125 cm³/mol. The molecule has 8 nitrogen and oxygen atoms in total. The summed E-state index contributed by atoms with van der Waals surface area (Å²) in [6.07, 6.45) is 13.6. The fourth-order valence-electron chi connectivity index (χ4n) is 3.58. The van der Waals surface area contributed by atoms with Gasteiger partial charge >= 0.3 is 17.2 Å². The van der Waals surface area contributed by atoms with E-state index in [0.717, 1.165) is 38.5 Å². The Bertz CT molecular complexity index is 376. The molecule has 0 radical (unpaired) electrons. The number of ether oxygens (including phenoxy) is 1. The van der Waals surface area contributed by atoms with Crippen molar-refractivity contribution < 1.29 is 38.5 Å². The first-order valence-corrected chi connectivity index (χ1v) is 14.1. The van der Waals surface area contributed by atoms with Gasteiger partial charge in [0.25, 0.3) is 0 Å². The molecule has 31 heavy (non-hydrogen) atoms. The zero-order valence-corrected chi connectivity index (χ0v) is 21.2. The topological polar surface area (TPSA) is 129 Å². The summed E-state index contributed by atoms with van der Waals surface area (Å²) in [6.45, 7) is 4.08. The molecule has 0 aromatic heterocycles. The summed E-state index contributed by atoms with van der Waals surface area (Å²) in [5.74, 6) is 0. The van der Waals surface area contributed by atoms with E-state index in [9.17, 15) is 24.7 Å². The Balaban J connectivity index is 4.98. The molecular formula is C21H46O8P2. The lowest BCUT2D eigenvalue weighted by molar-refractivity contribution is -0.111. The molecule has 0 bridgehead atoms. The summed E-state index contributed by atoms with van der Waals surface area (Å²) in [5, 5.41) is 10.2. The van der Waals surface area contributed by atoms with Crippen LogP contribution in [0.5, 0.6) is 0 Å². The Hall–Kier alpha value is 0.540. The third kappa shape index (κ3) is 16.7. The fourth-order valence-corrected chi connectivity index (χ4v) is 4.32. The van der Waals surface area contributed by atoms with Gasteiger partial charge in [-0.05, 0) is 12.8 Å². The number of aliphatic hydroxyl groups is 1. The first-order chi connectivity index (χ1) is 14.9. The second-order valence-electron chi connectivity index (χ2n) is 8.26.